The minimum absolute atomic E-state index is 0.307. The average molecular weight is 279 g/mol. The monoisotopic (exact) mass is 278 g/mol. The number of rotatable bonds is 4. The zero-order valence-corrected chi connectivity index (χ0v) is 10.0. The van der Waals surface area contributed by atoms with Crippen LogP contribution < -0.4 is 0 Å². The second-order valence-corrected chi connectivity index (χ2v) is 4.49. The van der Waals surface area contributed by atoms with Crippen molar-refractivity contribution in [2.75, 3.05) is 11.9 Å². The molecule has 86 valence electrons. The Morgan fingerprint density at radius 1 is 1.27 bits per heavy atom. The van der Waals surface area contributed by atoms with Crippen LogP contribution >= 0.6 is 15.9 Å². The number of aliphatic carboxylic acids is 1. The molecule has 0 spiro atoms. The number of halogens is 1. The first-order valence-corrected chi connectivity index (χ1v) is 6.24. The van der Waals surface area contributed by atoms with Crippen molar-refractivity contribution in [1.82, 2.24) is 0 Å². The molecule has 1 saturated carbocycles. The lowest BCUT2D eigenvalue weighted by Gasteiger charge is -2.26. The van der Waals surface area contributed by atoms with Crippen LogP contribution in [0.15, 0.2) is 0 Å². The molecule has 0 unspecified atom stereocenters. The van der Waals surface area contributed by atoms with Crippen molar-refractivity contribution in [3.8, 4) is 0 Å². The summed E-state index contributed by atoms with van der Waals surface area (Å²) < 4.78 is 4.96. The molecule has 0 aromatic heterocycles. The van der Waals surface area contributed by atoms with E-state index in [-0.39, 0.29) is 5.97 Å². The first-order chi connectivity index (χ1) is 7.16. The minimum atomic E-state index is -0.879. The van der Waals surface area contributed by atoms with Gasteiger partial charge in [0.15, 0.2) is 0 Å². The minimum Gasteiger partial charge on any atom is -0.481 e. The highest BCUT2D eigenvalue weighted by molar-refractivity contribution is 9.09. The summed E-state index contributed by atoms with van der Waals surface area (Å²) in [6.07, 6.45) is 3.03. The van der Waals surface area contributed by atoms with Crippen molar-refractivity contribution in [2.24, 2.45) is 11.8 Å². The Hall–Kier alpha value is -0.580. The number of carbonyl (C=O) groups excluding carboxylic acids is 1. The quantitative estimate of drug-likeness (QED) is 0.629. The molecular formula is C10H15BrO4. The van der Waals surface area contributed by atoms with E-state index in [9.17, 15) is 9.59 Å². The van der Waals surface area contributed by atoms with Crippen LogP contribution in [0.3, 0.4) is 0 Å². The van der Waals surface area contributed by atoms with Crippen LogP contribution in [0.2, 0.25) is 0 Å². The molecular weight excluding hydrogens is 264 g/mol. The Morgan fingerprint density at radius 2 is 1.87 bits per heavy atom. The van der Waals surface area contributed by atoms with Crippen molar-refractivity contribution in [3.05, 3.63) is 0 Å². The number of ether oxygens (including phenoxy) is 1. The maximum Gasteiger partial charge on any atom is 0.309 e. The molecule has 1 aliphatic carbocycles. The molecule has 4 nitrogen and oxygen atoms in total. The van der Waals surface area contributed by atoms with Crippen LogP contribution in [0, 0.1) is 11.8 Å². The zero-order valence-electron chi connectivity index (χ0n) is 8.45. The number of hydrogen-bond acceptors (Lipinski definition) is 3. The van der Waals surface area contributed by atoms with Gasteiger partial charge in [0, 0.05) is 5.33 Å². The molecule has 0 radical (unpaired) electrons. The van der Waals surface area contributed by atoms with Crippen LogP contribution in [-0.2, 0) is 14.3 Å². The van der Waals surface area contributed by atoms with Gasteiger partial charge in [0.25, 0.3) is 0 Å². The van der Waals surface area contributed by atoms with E-state index >= 15 is 0 Å². The van der Waals surface area contributed by atoms with E-state index in [2.05, 4.69) is 15.9 Å². The highest BCUT2D eigenvalue weighted by Crippen LogP contribution is 2.31. The van der Waals surface area contributed by atoms with Gasteiger partial charge < -0.3 is 9.84 Å². The van der Waals surface area contributed by atoms with Gasteiger partial charge in [0.1, 0.15) is 6.61 Å². The van der Waals surface area contributed by atoms with Crippen LogP contribution in [0.5, 0.6) is 0 Å². The Morgan fingerprint density at radius 3 is 2.40 bits per heavy atom. The van der Waals surface area contributed by atoms with E-state index in [4.69, 9.17) is 9.84 Å². The molecule has 1 aliphatic rings. The van der Waals surface area contributed by atoms with Crippen molar-refractivity contribution in [2.45, 2.75) is 25.7 Å². The summed E-state index contributed by atoms with van der Waals surface area (Å²) in [6.45, 7) is 0.307. The first-order valence-electron chi connectivity index (χ1n) is 5.12. The molecule has 0 bridgehead atoms. The summed E-state index contributed by atoms with van der Waals surface area (Å²) in [6, 6.07) is 0. The number of carboxylic acids is 1. The highest BCUT2D eigenvalue weighted by Gasteiger charge is 2.36. The van der Waals surface area contributed by atoms with E-state index in [1.165, 1.54) is 0 Å². The lowest BCUT2D eigenvalue weighted by atomic mass is 9.79. The smallest absolute Gasteiger partial charge is 0.309 e. The number of hydrogen-bond donors (Lipinski definition) is 1. The molecule has 0 amide bonds. The predicted octanol–water partition coefficient (Wildman–Crippen LogP) is 1.82. The summed E-state index contributed by atoms with van der Waals surface area (Å²) in [5.74, 6) is -2.24. The summed E-state index contributed by atoms with van der Waals surface area (Å²) in [5, 5.41) is 9.55. The van der Waals surface area contributed by atoms with Crippen LogP contribution in [0.25, 0.3) is 0 Å². The third-order valence-electron chi connectivity index (χ3n) is 2.71. The fourth-order valence-electron chi connectivity index (χ4n) is 1.95. The molecule has 0 aromatic carbocycles. The van der Waals surface area contributed by atoms with Gasteiger partial charge in [-0.25, -0.2) is 0 Å². The zero-order chi connectivity index (χ0) is 11.3. The van der Waals surface area contributed by atoms with Gasteiger partial charge in [-0.1, -0.05) is 28.8 Å². The summed E-state index contributed by atoms with van der Waals surface area (Å²) in [7, 11) is 0. The lowest BCUT2D eigenvalue weighted by Crippen LogP contribution is -2.34. The standard InChI is InChI=1S/C10H15BrO4/c11-5-6-15-10(14)8-4-2-1-3-7(8)9(12)13/h7-8H,1-6H2,(H,12,13)/t7-,8-/m1/s1. The molecule has 2 atom stereocenters. The van der Waals surface area contributed by atoms with Crippen molar-refractivity contribution >= 4 is 27.9 Å². The van der Waals surface area contributed by atoms with E-state index in [0.29, 0.717) is 24.8 Å². The molecule has 0 heterocycles. The van der Waals surface area contributed by atoms with Gasteiger partial charge in [-0.15, -0.1) is 0 Å². The Balaban J connectivity index is 2.55. The normalized spacial score (nSPS) is 25.9. The number of carbonyl (C=O) groups is 2. The number of carboxylic acid groups (broad SMARTS) is 1. The Kier molecular flexibility index (Phi) is 5.08. The largest absolute Gasteiger partial charge is 0.481 e. The van der Waals surface area contributed by atoms with Crippen molar-refractivity contribution < 1.29 is 19.4 Å². The van der Waals surface area contributed by atoms with Crippen molar-refractivity contribution in [3.63, 3.8) is 0 Å². The molecule has 0 aliphatic heterocycles. The molecule has 1 N–H and O–H groups in total. The molecule has 1 fully saturated rings. The third-order valence-corrected chi connectivity index (χ3v) is 3.03. The number of alkyl halides is 1. The highest BCUT2D eigenvalue weighted by atomic mass is 79.9. The van der Waals surface area contributed by atoms with Gasteiger partial charge in [0.05, 0.1) is 11.8 Å². The predicted molar refractivity (Wildman–Crippen MR) is 57.8 cm³/mol. The molecule has 15 heavy (non-hydrogen) atoms. The topological polar surface area (TPSA) is 63.6 Å². The summed E-state index contributed by atoms with van der Waals surface area (Å²) in [5.41, 5.74) is 0. The molecule has 0 aromatic rings. The second-order valence-electron chi connectivity index (χ2n) is 3.69. The van der Waals surface area contributed by atoms with Crippen LogP contribution in [0.1, 0.15) is 25.7 Å². The van der Waals surface area contributed by atoms with E-state index in [0.717, 1.165) is 12.8 Å². The second kappa shape index (κ2) is 6.10. The summed E-state index contributed by atoms with van der Waals surface area (Å²) >= 11 is 3.15. The maximum atomic E-state index is 11.6. The summed E-state index contributed by atoms with van der Waals surface area (Å²) in [4.78, 5) is 22.5. The van der Waals surface area contributed by atoms with Gasteiger partial charge in [-0.2, -0.15) is 0 Å². The van der Waals surface area contributed by atoms with Crippen molar-refractivity contribution in [1.29, 1.82) is 0 Å². The Labute approximate surface area is 97.1 Å². The van der Waals surface area contributed by atoms with E-state index < -0.39 is 17.8 Å². The SMILES string of the molecule is O=C(O)[C@@H]1CCCC[C@H]1C(=O)OCCBr. The molecule has 0 saturated heterocycles. The van der Waals surface area contributed by atoms with Gasteiger partial charge >= 0.3 is 11.9 Å². The third kappa shape index (κ3) is 3.48. The van der Waals surface area contributed by atoms with E-state index in [1.54, 1.807) is 0 Å². The fourth-order valence-corrected chi connectivity index (χ4v) is 2.12. The van der Waals surface area contributed by atoms with Gasteiger partial charge in [-0.3, -0.25) is 9.59 Å². The lowest BCUT2D eigenvalue weighted by molar-refractivity contribution is -0.159. The number of esters is 1. The maximum absolute atomic E-state index is 11.6. The molecule has 1 rings (SSSR count). The van der Waals surface area contributed by atoms with Gasteiger partial charge in [-0.05, 0) is 12.8 Å². The van der Waals surface area contributed by atoms with Gasteiger partial charge in [0.2, 0.25) is 0 Å². The first kappa shape index (κ1) is 12.5. The fraction of sp³-hybridized carbons (Fsp3) is 0.800. The van der Waals surface area contributed by atoms with Crippen LogP contribution in [0.4, 0.5) is 0 Å². The Bertz CT molecular complexity index is 242. The molecule has 5 heteroatoms. The van der Waals surface area contributed by atoms with Crippen LogP contribution in [-0.4, -0.2) is 29.0 Å². The average Bonchev–Trinajstić information content (AvgIpc) is 2.25. The van der Waals surface area contributed by atoms with E-state index in [1.807, 2.05) is 0 Å².